The number of carbonyl (C=O) groups is 1. The molecule has 6 nitrogen and oxygen atoms in total. The van der Waals surface area contributed by atoms with E-state index in [9.17, 15) is 13.6 Å². The van der Waals surface area contributed by atoms with Crippen molar-refractivity contribution < 1.29 is 18.3 Å². The SMILES string of the molecule is CC1(Oc2nccnc2F)CCCCN1CCc1ccc(C(N)=O)c(F)c1. The van der Waals surface area contributed by atoms with Gasteiger partial charge in [0.25, 0.3) is 17.7 Å². The molecule has 1 aliphatic rings. The van der Waals surface area contributed by atoms with E-state index in [4.69, 9.17) is 10.5 Å². The monoisotopic (exact) mass is 376 g/mol. The van der Waals surface area contributed by atoms with Crippen LogP contribution in [0.4, 0.5) is 8.78 Å². The van der Waals surface area contributed by atoms with Crippen molar-refractivity contribution >= 4 is 5.91 Å². The first kappa shape index (κ1) is 19.2. The highest BCUT2D eigenvalue weighted by Crippen LogP contribution is 2.31. The zero-order valence-corrected chi connectivity index (χ0v) is 15.1. The summed E-state index contributed by atoms with van der Waals surface area (Å²) < 4.78 is 33.7. The van der Waals surface area contributed by atoms with Gasteiger partial charge in [-0.05, 0) is 43.9 Å². The van der Waals surface area contributed by atoms with Crippen molar-refractivity contribution in [1.29, 1.82) is 0 Å². The van der Waals surface area contributed by atoms with E-state index in [0.717, 1.165) is 31.4 Å². The Morgan fingerprint density at radius 2 is 2.07 bits per heavy atom. The van der Waals surface area contributed by atoms with E-state index in [1.807, 2.05) is 6.92 Å². The van der Waals surface area contributed by atoms with Gasteiger partial charge in [-0.3, -0.25) is 9.69 Å². The zero-order chi connectivity index (χ0) is 19.4. The number of likely N-dealkylation sites (tertiary alicyclic amines) is 1. The Morgan fingerprint density at radius 3 is 2.78 bits per heavy atom. The lowest BCUT2D eigenvalue weighted by molar-refractivity contribution is -0.0999. The van der Waals surface area contributed by atoms with Gasteiger partial charge in [0.2, 0.25) is 0 Å². The van der Waals surface area contributed by atoms with Crippen molar-refractivity contribution in [3.05, 3.63) is 53.5 Å². The predicted octanol–water partition coefficient (Wildman–Crippen LogP) is 2.68. The van der Waals surface area contributed by atoms with E-state index < -0.39 is 23.4 Å². The highest BCUT2D eigenvalue weighted by Gasteiger charge is 2.37. The highest BCUT2D eigenvalue weighted by molar-refractivity contribution is 5.93. The van der Waals surface area contributed by atoms with Crippen molar-refractivity contribution in [3.8, 4) is 5.88 Å². The Labute approximate surface area is 156 Å². The van der Waals surface area contributed by atoms with Crippen LogP contribution < -0.4 is 10.5 Å². The molecule has 1 aromatic carbocycles. The molecule has 1 saturated heterocycles. The Bertz CT molecular complexity index is 833. The van der Waals surface area contributed by atoms with Crippen LogP contribution in [0.2, 0.25) is 0 Å². The summed E-state index contributed by atoms with van der Waals surface area (Å²) >= 11 is 0. The Balaban J connectivity index is 1.71. The standard InChI is InChI=1S/C19H22F2N4O2/c1-19(27-18-16(21)23-8-9-24-18)7-2-3-10-25(19)11-6-13-4-5-14(17(22)26)15(20)12-13/h4-5,8-9,12H,2-3,6-7,10-11H2,1H3,(H2,22,26). The summed E-state index contributed by atoms with van der Waals surface area (Å²) in [6, 6.07) is 4.41. The van der Waals surface area contributed by atoms with Crippen molar-refractivity contribution in [1.82, 2.24) is 14.9 Å². The molecule has 1 aromatic heterocycles. The molecule has 1 atom stereocenters. The fourth-order valence-electron chi connectivity index (χ4n) is 3.38. The molecule has 1 amide bonds. The predicted molar refractivity (Wildman–Crippen MR) is 95.1 cm³/mol. The molecule has 2 heterocycles. The summed E-state index contributed by atoms with van der Waals surface area (Å²) in [6.07, 6.45) is 5.88. The number of aromatic nitrogens is 2. The molecule has 2 N–H and O–H groups in total. The molecule has 27 heavy (non-hydrogen) atoms. The van der Waals surface area contributed by atoms with E-state index in [1.165, 1.54) is 24.5 Å². The van der Waals surface area contributed by atoms with Crippen molar-refractivity contribution in [2.45, 2.75) is 38.3 Å². The van der Waals surface area contributed by atoms with Crippen LogP contribution in [-0.2, 0) is 6.42 Å². The second-order valence-corrected chi connectivity index (χ2v) is 6.80. The fourth-order valence-corrected chi connectivity index (χ4v) is 3.38. The van der Waals surface area contributed by atoms with Crippen LogP contribution in [0, 0.1) is 11.8 Å². The number of piperidine rings is 1. The van der Waals surface area contributed by atoms with Gasteiger partial charge in [0.05, 0.1) is 5.56 Å². The minimum atomic E-state index is -0.790. The number of hydrogen-bond donors (Lipinski definition) is 1. The summed E-state index contributed by atoms with van der Waals surface area (Å²) in [4.78, 5) is 20.7. The summed E-state index contributed by atoms with van der Waals surface area (Å²) in [5.74, 6) is -2.28. The maximum absolute atomic E-state index is 14.0. The molecule has 0 radical (unpaired) electrons. The van der Waals surface area contributed by atoms with Gasteiger partial charge < -0.3 is 10.5 Å². The maximum atomic E-state index is 14.0. The number of ether oxygens (including phenoxy) is 1. The van der Waals surface area contributed by atoms with Gasteiger partial charge in [0.15, 0.2) is 5.72 Å². The second kappa shape index (κ2) is 7.96. The van der Waals surface area contributed by atoms with Gasteiger partial charge in [-0.2, -0.15) is 4.39 Å². The highest BCUT2D eigenvalue weighted by atomic mass is 19.1. The lowest BCUT2D eigenvalue weighted by atomic mass is 9.98. The van der Waals surface area contributed by atoms with Crippen molar-refractivity contribution in [2.24, 2.45) is 5.73 Å². The molecule has 3 rings (SSSR count). The molecule has 1 fully saturated rings. The van der Waals surface area contributed by atoms with Gasteiger partial charge in [0.1, 0.15) is 5.82 Å². The number of primary amides is 1. The third kappa shape index (κ3) is 4.39. The fraction of sp³-hybridized carbons (Fsp3) is 0.421. The lowest BCUT2D eigenvalue weighted by Gasteiger charge is -2.44. The minimum Gasteiger partial charge on any atom is -0.453 e. The van der Waals surface area contributed by atoms with E-state index in [1.54, 1.807) is 6.07 Å². The summed E-state index contributed by atoms with van der Waals surface area (Å²) in [7, 11) is 0. The summed E-state index contributed by atoms with van der Waals surface area (Å²) in [5.41, 5.74) is 5.03. The molecular weight excluding hydrogens is 354 g/mol. The number of carbonyl (C=O) groups excluding carboxylic acids is 1. The number of rotatable bonds is 6. The van der Waals surface area contributed by atoms with E-state index in [0.29, 0.717) is 13.0 Å². The van der Waals surface area contributed by atoms with Crippen LogP contribution in [0.3, 0.4) is 0 Å². The average Bonchev–Trinajstić information content (AvgIpc) is 2.62. The third-order valence-electron chi connectivity index (χ3n) is 4.90. The zero-order valence-electron chi connectivity index (χ0n) is 15.1. The van der Waals surface area contributed by atoms with Gasteiger partial charge >= 0.3 is 0 Å². The molecule has 2 aromatic rings. The van der Waals surface area contributed by atoms with Crippen molar-refractivity contribution in [3.63, 3.8) is 0 Å². The van der Waals surface area contributed by atoms with Crippen molar-refractivity contribution in [2.75, 3.05) is 13.1 Å². The number of nitrogens with zero attached hydrogens (tertiary/aromatic N) is 3. The first-order valence-electron chi connectivity index (χ1n) is 8.88. The second-order valence-electron chi connectivity index (χ2n) is 6.80. The van der Waals surface area contributed by atoms with E-state index >= 15 is 0 Å². The number of benzene rings is 1. The Morgan fingerprint density at radius 1 is 1.30 bits per heavy atom. The number of amides is 1. The molecule has 0 aliphatic carbocycles. The maximum Gasteiger partial charge on any atom is 0.275 e. The number of halogens is 2. The van der Waals surface area contributed by atoms with Gasteiger partial charge in [-0.1, -0.05) is 6.07 Å². The van der Waals surface area contributed by atoms with Crippen LogP contribution in [-0.4, -0.2) is 39.6 Å². The average molecular weight is 376 g/mol. The summed E-state index contributed by atoms with van der Waals surface area (Å²) in [5, 5.41) is 0. The Kier molecular flexibility index (Phi) is 5.65. The van der Waals surface area contributed by atoms with Gasteiger partial charge in [-0.15, -0.1) is 0 Å². The smallest absolute Gasteiger partial charge is 0.275 e. The molecule has 0 bridgehead atoms. The van der Waals surface area contributed by atoms with Crippen LogP contribution in [0.1, 0.15) is 42.1 Å². The molecule has 1 aliphatic heterocycles. The molecule has 144 valence electrons. The van der Waals surface area contributed by atoms with Crippen LogP contribution >= 0.6 is 0 Å². The number of hydrogen-bond acceptors (Lipinski definition) is 5. The normalized spacial score (nSPS) is 20.4. The van der Waals surface area contributed by atoms with Gasteiger partial charge in [0, 0.05) is 31.9 Å². The minimum absolute atomic E-state index is 0.122. The first-order valence-corrected chi connectivity index (χ1v) is 8.88. The first-order chi connectivity index (χ1) is 12.9. The topological polar surface area (TPSA) is 81.3 Å². The van der Waals surface area contributed by atoms with Gasteiger partial charge in [-0.25, -0.2) is 14.4 Å². The van der Waals surface area contributed by atoms with Crippen LogP contribution in [0.25, 0.3) is 0 Å². The molecule has 0 saturated carbocycles. The van der Waals surface area contributed by atoms with Crippen LogP contribution in [0.15, 0.2) is 30.6 Å². The molecule has 0 spiro atoms. The summed E-state index contributed by atoms with van der Waals surface area (Å²) in [6.45, 7) is 3.27. The third-order valence-corrected chi connectivity index (χ3v) is 4.90. The molecular formula is C19H22F2N4O2. The van der Waals surface area contributed by atoms with E-state index in [-0.39, 0.29) is 11.4 Å². The molecule has 1 unspecified atom stereocenters. The van der Waals surface area contributed by atoms with Crippen LogP contribution in [0.5, 0.6) is 5.88 Å². The quantitative estimate of drug-likeness (QED) is 0.838. The lowest BCUT2D eigenvalue weighted by Crippen LogP contribution is -2.54. The molecule has 8 heteroatoms. The largest absolute Gasteiger partial charge is 0.453 e. The Hall–Kier alpha value is -2.61. The van der Waals surface area contributed by atoms with E-state index in [2.05, 4.69) is 14.9 Å². The number of nitrogens with two attached hydrogens (primary N) is 1.